The molecule has 1 heterocycles. The average Bonchev–Trinajstić information content (AvgIpc) is 2.79. The molecule has 0 bridgehead atoms. The smallest absolute Gasteiger partial charge is 0.219 e. The summed E-state index contributed by atoms with van der Waals surface area (Å²) in [5.41, 5.74) is 0.519. The van der Waals surface area contributed by atoms with Gasteiger partial charge in [0, 0.05) is 6.54 Å². The maximum Gasteiger partial charge on any atom is 0.219 e. The Morgan fingerprint density at radius 2 is 2.00 bits per heavy atom. The quantitative estimate of drug-likeness (QED) is 0.900. The highest BCUT2D eigenvalue weighted by molar-refractivity contribution is 7.90. The molecule has 1 fully saturated rings. The van der Waals surface area contributed by atoms with Crippen molar-refractivity contribution in [1.82, 2.24) is 4.31 Å². The van der Waals surface area contributed by atoms with Crippen molar-refractivity contribution in [3.8, 4) is 6.07 Å². The van der Waals surface area contributed by atoms with Crippen LogP contribution < -0.4 is 0 Å². The summed E-state index contributed by atoms with van der Waals surface area (Å²) in [6.07, 6.45) is -0.625. The monoisotopic (exact) mass is 326 g/mol. The van der Waals surface area contributed by atoms with Crippen molar-refractivity contribution >= 4 is 10.0 Å². The maximum atomic E-state index is 13.6. The molecule has 120 valence electrons. The molecule has 2 rings (SSSR count). The van der Waals surface area contributed by atoms with Gasteiger partial charge in [0.25, 0.3) is 0 Å². The minimum Gasteiger partial charge on any atom is -0.392 e. The number of benzene rings is 1. The summed E-state index contributed by atoms with van der Waals surface area (Å²) < 4.78 is 39.2. The molecular formula is C15H19FN2O3S. The topological polar surface area (TPSA) is 81.4 Å². The van der Waals surface area contributed by atoms with Crippen LogP contribution in [0.3, 0.4) is 0 Å². The van der Waals surface area contributed by atoms with E-state index >= 15 is 0 Å². The molecule has 0 amide bonds. The van der Waals surface area contributed by atoms with Gasteiger partial charge in [-0.15, -0.1) is 0 Å². The fourth-order valence-electron chi connectivity index (χ4n) is 2.57. The number of rotatable bonds is 2. The maximum absolute atomic E-state index is 13.6. The van der Waals surface area contributed by atoms with Gasteiger partial charge in [-0.25, -0.2) is 12.8 Å². The van der Waals surface area contributed by atoms with E-state index in [4.69, 9.17) is 5.26 Å². The van der Waals surface area contributed by atoms with Crippen molar-refractivity contribution in [3.05, 3.63) is 35.1 Å². The molecule has 1 aliphatic rings. The van der Waals surface area contributed by atoms with Crippen LogP contribution in [-0.4, -0.2) is 35.2 Å². The Kier molecular flexibility index (Phi) is 4.30. The lowest BCUT2D eigenvalue weighted by atomic mass is 10.0. The average molecular weight is 326 g/mol. The molecule has 0 spiro atoms. The van der Waals surface area contributed by atoms with E-state index in [1.807, 2.05) is 6.07 Å². The van der Waals surface area contributed by atoms with E-state index in [0.29, 0.717) is 5.56 Å². The number of hydrogen-bond acceptors (Lipinski definition) is 4. The molecule has 1 aromatic carbocycles. The number of nitrogens with zero attached hydrogens (tertiary/aromatic N) is 2. The zero-order valence-corrected chi connectivity index (χ0v) is 13.6. The van der Waals surface area contributed by atoms with Crippen molar-refractivity contribution in [2.45, 2.75) is 44.1 Å². The molecule has 22 heavy (non-hydrogen) atoms. The number of aliphatic hydroxyl groups excluding tert-OH is 1. The Morgan fingerprint density at radius 1 is 1.36 bits per heavy atom. The van der Waals surface area contributed by atoms with Crippen LogP contribution in [0.5, 0.6) is 0 Å². The van der Waals surface area contributed by atoms with Gasteiger partial charge in [-0.05, 0) is 51.0 Å². The van der Waals surface area contributed by atoms with Crippen molar-refractivity contribution < 1.29 is 17.9 Å². The first-order valence-electron chi connectivity index (χ1n) is 6.96. The van der Waals surface area contributed by atoms with Crippen LogP contribution >= 0.6 is 0 Å². The number of β-amino-alcohol motifs (C(OH)–C–C–N with tert-alkyl or cyclic N) is 1. The van der Waals surface area contributed by atoms with Crippen LogP contribution in [0.15, 0.2) is 18.2 Å². The molecular weight excluding hydrogens is 307 g/mol. The van der Waals surface area contributed by atoms with E-state index < -0.39 is 32.7 Å². The Labute approximate surface area is 130 Å². The van der Waals surface area contributed by atoms with Crippen LogP contribution in [0.2, 0.25) is 0 Å². The van der Waals surface area contributed by atoms with Crippen LogP contribution in [0.25, 0.3) is 0 Å². The molecule has 5 nitrogen and oxygen atoms in total. The predicted octanol–water partition coefficient (Wildman–Crippen LogP) is 1.93. The third-order valence-corrected chi connectivity index (χ3v) is 6.32. The first-order valence-corrected chi connectivity index (χ1v) is 8.40. The van der Waals surface area contributed by atoms with Crippen molar-refractivity contribution in [1.29, 1.82) is 5.26 Å². The van der Waals surface area contributed by atoms with E-state index in [2.05, 4.69) is 0 Å². The summed E-state index contributed by atoms with van der Waals surface area (Å²) in [4.78, 5) is 0. The van der Waals surface area contributed by atoms with E-state index in [9.17, 15) is 17.9 Å². The predicted molar refractivity (Wildman–Crippen MR) is 79.9 cm³/mol. The molecule has 1 aliphatic heterocycles. The molecule has 1 saturated heterocycles. The minimum absolute atomic E-state index is 0.0251. The fourth-order valence-corrected chi connectivity index (χ4v) is 4.19. The van der Waals surface area contributed by atoms with Gasteiger partial charge in [-0.2, -0.15) is 9.57 Å². The molecule has 0 aromatic heterocycles. The van der Waals surface area contributed by atoms with Gasteiger partial charge >= 0.3 is 0 Å². The molecule has 0 aliphatic carbocycles. The number of halogens is 1. The van der Waals surface area contributed by atoms with E-state index in [1.54, 1.807) is 20.8 Å². The Bertz CT molecular complexity index is 719. The normalized spacial score (nSPS) is 23.5. The zero-order valence-electron chi connectivity index (χ0n) is 12.7. The van der Waals surface area contributed by atoms with Gasteiger partial charge < -0.3 is 5.11 Å². The molecule has 1 N–H and O–H groups in total. The highest BCUT2D eigenvalue weighted by Crippen LogP contribution is 2.38. The molecule has 0 saturated carbocycles. The summed E-state index contributed by atoms with van der Waals surface area (Å²) in [5.74, 6) is -0.594. The summed E-state index contributed by atoms with van der Waals surface area (Å²) in [5, 5.41) is 18.8. The first-order chi connectivity index (χ1) is 10.1. The highest BCUT2D eigenvalue weighted by Gasteiger charge is 2.45. The Hall–Kier alpha value is -1.49. The molecule has 7 heteroatoms. The van der Waals surface area contributed by atoms with Gasteiger partial charge in [-0.1, -0.05) is 0 Å². The van der Waals surface area contributed by atoms with Gasteiger partial charge in [-0.3, -0.25) is 0 Å². The number of nitriles is 1. The van der Waals surface area contributed by atoms with Gasteiger partial charge in [0.1, 0.15) is 5.82 Å². The van der Waals surface area contributed by atoms with Crippen LogP contribution in [0, 0.1) is 17.1 Å². The standard InChI is InChI=1S/C15H19FN2O3S/c1-15(2,3)22(20,21)18-9-13(19)7-14(18)11-4-10(8-17)5-12(16)6-11/h4-6,13-14,19H,7,9H2,1-3H3. The Morgan fingerprint density at radius 3 is 2.55 bits per heavy atom. The third-order valence-electron chi connectivity index (χ3n) is 3.75. The fraction of sp³-hybridized carbons (Fsp3) is 0.533. The lowest BCUT2D eigenvalue weighted by Gasteiger charge is -2.31. The molecule has 2 unspecified atom stereocenters. The lowest BCUT2D eigenvalue weighted by molar-refractivity contribution is 0.188. The highest BCUT2D eigenvalue weighted by atomic mass is 32.2. The van der Waals surface area contributed by atoms with E-state index in [-0.39, 0.29) is 18.5 Å². The lowest BCUT2D eigenvalue weighted by Crippen LogP contribution is -2.43. The van der Waals surface area contributed by atoms with Crippen LogP contribution in [0.1, 0.15) is 44.4 Å². The van der Waals surface area contributed by atoms with Crippen molar-refractivity contribution in [2.75, 3.05) is 6.54 Å². The second kappa shape index (κ2) is 5.61. The number of aliphatic hydroxyl groups is 1. The van der Waals surface area contributed by atoms with Crippen LogP contribution in [0.4, 0.5) is 4.39 Å². The number of hydrogen-bond donors (Lipinski definition) is 1. The Balaban J connectivity index is 2.50. The second-order valence-electron chi connectivity index (χ2n) is 6.48. The van der Waals surface area contributed by atoms with Crippen molar-refractivity contribution in [2.24, 2.45) is 0 Å². The van der Waals surface area contributed by atoms with Gasteiger partial charge in [0.2, 0.25) is 10.0 Å². The summed E-state index contributed by atoms with van der Waals surface area (Å²) in [6.45, 7) is 4.71. The second-order valence-corrected chi connectivity index (χ2v) is 9.12. The summed E-state index contributed by atoms with van der Waals surface area (Å²) in [7, 11) is -3.67. The SMILES string of the molecule is CC(C)(C)S(=O)(=O)N1CC(O)CC1c1cc(F)cc(C#N)c1. The molecule has 1 aromatic rings. The van der Waals surface area contributed by atoms with E-state index in [1.165, 1.54) is 16.4 Å². The molecule has 2 atom stereocenters. The third kappa shape index (κ3) is 3.00. The first kappa shape index (κ1) is 16.9. The zero-order chi connectivity index (χ0) is 16.7. The largest absolute Gasteiger partial charge is 0.392 e. The summed E-state index contributed by atoms with van der Waals surface area (Å²) >= 11 is 0. The van der Waals surface area contributed by atoms with Crippen molar-refractivity contribution in [3.63, 3.8) is 0 Å². The van der Waals surface area contributed by atoms with Gasteiger partial charge in [0.05, 0.1) is 28.5 Å². The summed E-state index contributed by atoms with van der Waals surface area (Å²) in [6, 6.07) is 4.97. The van der Waals surface area contributed by atoms with Gasteiger partial charge in [0.15, 0.2) is 0 Å². The van der Waals surface area contributed by atoms with E-state index in [0.717, 1.165) is 6.07 Å². The van der Waals surface area contributed by atoms with Crippen LogP contribution in [-0.2, 0) is 10.0 Å². The number of sulfonamides is 1. The molecule has 0 radical (unpaired) electrons. The minimum atomic E-state index is -3.67.